The first-order chi connectivity index (χ1) is 12.8. The molecule has 0 bridgehead atoms. The van der Waals surface area contributed by atoms with Gasteiger partial charge in [0.1, 0.15) is 6.54 Å². The van der Waals surface area contributed by atoms with E-state index in [4.69, 9.17) is 4.74 Å². The number of rotatable bonds is 5. The van der Waals surface area contributed by atoms with Crippen molar-refractivity contribution in [1.82, 2.24) is 9.80 Å². The van der Waals surface area contributed by atoms with Crippen LogP contribution in [0.2, 0.25) is 0 Å². The van der Waals surface area contributed by atoms with Gasteiger partial charge in [0, 0.05) is 31.7 Å². The van der Waals surface area contributed by atoms with Crippen molar-refractivity contribution in [2.24, 2.45) is 0 Å². The fourth-order valence-electron chi connectivity index (χ4n) is 3.37. The second-order valence-corrected chi connectivity index (χ2v) is 6.93. The summed E-state index contributed by atoms with van der Waals surface area (Å²) in [4.78, 5) is 39.6. The van der Waals surface area contributed by atoms with Crippen LogP contribution in [0, 0.1) is 13.8 Å². The van der Waals surface area contributed by atoms with Crippen LogP contribution in [-0.4, -0.2) is 60.0 Å². The number of nitrogens with one attached hydrogen (secondary N) is 1. The molecular formula is C20H29N3O4. The highest BCUT2D eigenvalue weighted by molar-refractivity contribution is 5.95. The molecule has 7 heteroatoms. The van der Waals surface area contributed by atoms with Crippen molar-refractivity contribution in [2.75, 3.05) is 31.6 Å². The lowest BCUT2D eigenvalue weighted by Gasteiger charge is -2.37. The fourth-order valence-corrected chi connectivity index (χ4v) is 3.37. The number of hydrogen-bond donors (Lipinski definition) is 1. The van der Waals surface area contributed by atoms with E-state index < -0.39 is 0 Å². The molecule has 0 spiro atoms. The van der Waals surface area contributed by atoms with Gasteiger partial charge in [0.15, 0.2) is 0 Å². The van der Waals surface area contributed by atoms with Crippen LogP contribution >= 0.6 is 0 Å². The molecule has 0 aromatic heterocycles. The lowest BCUT2D eigenvalue weighted by molar-refractivity contribution is -0.136. The third kappa shape index (κ3) is 5.70. The zero-order chi connectivity index (χ0) is 20.0. The molecule has 1 aliphatic heterocycles. The summed E-state index contributed by atoms with van der Waals surface area (Å²) >= 11 is 0. The number of likely N-dealkylation sites (tertiary alicyclic amines) is 1. The number of piperidine rings is 1. The number of benzene rings is 1. The van der Waals surface area contributed by atoms with Gasteiger partial charge in [0.2, 0.25) is 11.8 Å². The van der Waals surface area contributed by atoms with Gasteiger partial charge in [-0.1, -0.05) is 17.7 Å². The summed E-state index contributed by atoms with van der Waals surface area (Å²) in [5.74, 6) is -0.356. The first-order valence-electron chi connectivity index (χ1n) is 9.37. The molecule has 27 heavy (non-hydrogen) atoms. The molecule has 1 aromatic rings. The summed E-state index contributed by atoms with van der Waals surface area (Å²) in [7, 11) is 0. The molecule has 2 rings (SSSR count). The lowest BCUT2D eigenvalue weighted by atomic mass is 10.0. The van der Waals surface area contributed by atoms with E-state index in [1.807, 2.05) is 32.0 Å². The van der Waals surface area contributed by atoms with Gasteiger partial charge in [-0.3, -0.25) is 9.59 Å². The van der Waals surface area contributed by atoms with Crippen LogP contribution in [0.15, 0.2) is 18.2 Å². The Bertz CT molecular complexity index is 696. The van der Waals surface area contributed by atoms with Crippen molar-refractivity contribution >= 4 is 23.6 Å². The molecule has 0 atom stereocenters. The third-order valence-electron chi connectivity index (χ3n) is 4.81. The predicted octanol–water partition coefficient (Wildman–Crippen LogP) is 2.71. The molecule has 0 aliphatic carbocycles. The van der Waals surface area contributed by atoms with Crippen molar-refractivity contribution in [3.05, 3.63) is 29.3 Å². The Morgan fingerprint density at radius 3 is 2.44 bits per heavy atom. The van der Waals surface area contributed by atoms with E-state index in [0.717, 1.165) is 16.8 Å². The molecule has 1 saturated heterocycles. The first-order valence-corrected chi connectivity index (χ1v) is 9.37. The standard InChI is InChI=1S/C20H29N3O4/c1-5-27-20(26)22-10-8-17(9-11-22)23(16(4)24)13-19(25)21-18-7-6-14(2)12-15(18)3/h6-7,12,17H,5,8-11,13H2,1-4H3,(H,21,25). The minimum Gasteiger partial charge on any atom is -0.450 e. The summed E-state index contributed by atoms with van der Waals surface area (Å²) < 4.78 is 5.02. The van der Waals surface area contributed by atoms with Gasteiger partial charge in [-0.25, -0.2) is 4.79 Å². The second kappa shape index (κ2) is 9.39. The summed E-state index contributed by atoms with van der Waals surface area (Å²) in [5, 5.41) is 2.89. The molecule has 148 valence electrons. The predicted molar refractivity (Wildman–Crippen MR) is 104 cm³/mol. The number of hydrogen-bond acceptors (Lipinski definition) is 4. The Morgan fingerprint density at radius 1 is 1.22 bits per heavy atom. The lowest BCUT2D eigenvalue weighted by Crippen LogP contribution is -2.50. The summed E-state index contributed by atoms with van der Waals surface area (Å²) in [6.07, 6.45) is 0.947. The Balaban J connectivity index is 1.94. The SMILES string of the molecule is CCOC(=O)N1CCC(N(CC(=O)Nc2ccc(C)cc2C)C(C)=O)CC1. The summed E-state index contributed by atoms with van der Waals surface area (Å²) in [6.45, 7) is 8.58. The highest BCUT2D eigenvalue weighted by atomic mass is 16.6. The van der Waals surface area contributed by atoms with Gasteiger partial charge in [-0.05, 0) is 45.2 Å². The number of anilines is 1. The monoisotopic (exact) mass is 375 g/mol. The van der Waals surface area contributed by atoms with E-state index in [0.29, 0.717) is 32.5 Å². The topological polar surface area (TPSA) is 79.0 Å². The molecule has 0 saturated carbocycles. The maximum absolute atomic E-state index is 12.5. The average molecular weight is 375 g/mol. The van der Waals surface area contributed by atoms with Gasteiger partial charge >= 0.3 is 6.09 Å². The summed E-state index contributed by atoms with van der Waals surface area (Å²) in [6, 6.07) is 5.76. The molecule has 1 aliphatic rings. The zero-order valence-corrected chi connectivity index (χ0v) is 16.6. The Labute approximate surface area is 160 Å². The van der Waals surface area contributed by atoms with Gasteiger partial charge < -0.3 is 19.9 Å². The zero-order valence-electron chi connectivity index (χ0n) is 16.6. The number of carbonyl (C=O) groups is 3. The van der Waals surface area contributed by atoms with E-state index >= 15 is 0 Å². The number of amides is 3. The van der Waals surface area contributed by atoms with Crippen molar-refractivity contribution in [3.8, 4) is 0 Å². The van der Waals surface area contributed by atoms with Crippen LogP contribution in [-0.2, 0) is 14.3 Å². The Kier molecular flexibility index (Phi) is 7.21. The van der Waals surface area contributed by atoms with Crippen molar-refractivity contribution in [1.29, 1.82) is 0 Å². The fraction of sp³-hybridized carbons (Fsp3) is 0.550. The van der Waals surface area contributed by atoms with Gasteiger partial charge in [0.25, 0.3) is 0 Å². The minimum atomic E-state index is -0.321. The molecule has 0 unspecified atom stereocenters. The van der Waals surface area contributed by atoms with Gasteiger partial charge in [-0.2, -0.15) is 0 Å². The normalized spacial score (nSPS) is 14.6. The number of aryl methyl sites for hydroxylation is 2. The van der Waals surface area contributed by atoms with Crippen molar-refractivity contribution in [2.45, 2.75) is 46.6 Å². The third-order valence-corrected chi connectivity index (χ3v) is 4.81. The van der Waals surface area contributed by atoms with E-state index in [1.165, 1.54) is 6.92 Å². The largest absolute Gasteiger partial charge is 0.450 e. The molecule has 0 radical (unpaired) electrons. The quantitative estimate of drug-likeness (QED) is 0.858. The maximum Gasteiger partial charge on any atom is 0.409 e. The highest BCUT2D eigenvalue weighted by Crippen LogP contribution is 2.19. The molecule has 3 amide bonds. The van der Waals surface area contributed by atoms with Crippen LogP contribution in [0.25, 0.3) is 0 Å². The van der Waals surface area contributed by atoms with Crippen molar-refractivity contribution in [3.63, 3.8) is 0 Å². The summed E-state index contributed by atoms with van der Waals surface area (Å²) in [5.41, 5.74) is 2.87. The number of ether oxygens (including phenoxy) is 1. The van der Waals surface area contributed by atoms with Crippen LogP contribution in [0.1, 0.15) is 37.8 Å². The van der Waals surface area contributed by atoms with E-state index in [9.17, 15) is 14.4 Å². The number of nitrogens with zero attached hydrogens (tertiary/aromatic N) is 2. The number of carbonyl (C=O) groups excluding carboxylic acids is 3. The Morgan fingerprint density at radius 2 is 1.89 bits per heavy atom. The Hall–Kier alpha value is -2.57. The molecule has 1 N–H and O–H groups in total. The maximum atomic E-state index is 12.5. The molecule has 1 aromatic carbocycles. The van der Waals surface area contributed by atoms with Crippen LogP contribution < -0.4 is 5.32 Å². The average Bonchev–Trinajstić information content (AvgIpc) is 2.62. The van der Waals surface area contributed by atoms with Crippen LogP contribution in [0.3, 0.4) is 0 Å². The second-order valence-electron chi connectivity index (χ2n) is 6.93. The van der Waals surface area contributed by atoms with E-state index in [2.05, 4.69) is 5.32 Å². The van der Waals surface area contributed by atoms with Crippen molar-refractivity contribution < 1.29 is 19.1 Å². The first kappa shape index (κ1) is 20.7. The molecule has 1 heterocycles. The van der Waals surface area contributed by atoms with Gasteiger partial charge in [-0.15, -0.1) is 0 Å². The van der Waals surface area contributed by atoms with Gasteiger partial charge in [0.05, 0.1) is 6.61 Å². The molecule has 1 fully saturated rings. The van der Waals surface area contributed by atoms with E-state index in [-0.39, 0.29) is 30.5 Å². The molecular weight excluding hydrogens is 346 g/mol. The molecule has 7 nitrogen and oxygen atoms in total. The van der Waals surface area contributed by atoms with Crippen LogP contribution in [0.5, 0.6) is 0 Å². The highest BCUT2D eigenvalue weighted by Gasteiger charge is 2.30. The smallest absolute Gasteiger partial charge is 0.409 e. The van der Waals surface area contributed by atoms with E-state index in [1.54, 1.807) is 16.7 Å². The van der Waals surface area contributed by atoms with Crippen LogP contribution in [0.4, 0.5) is 10.5 Å². The minimum absolute atomic E-state index is 0.00667.